The molecule has 0 aromatic rings. The second-order valence-corrected chi connectivity index (χ2v) is 7.32. The minimum atomic E-state index is 0.809. The largest absolute Gasteiger partial charge is 0.159 e. The number of rotatable bonds is 11. The molecule has 0 saturated carbocycles. The fourth-order valence-electron chi connectivity index (χ4n) is 1.42. The van der Waals surface area contributed by atoms with E-state index in [0.717, 1.165) is 16.9 Å². The van der Waals surface area contributed by atoms with Crippen LogP contribution in [0.5, 0.6) is 0 Å². The van der Waals surface area contributed by atoms with Crippen molar-refractivity contribution in [2.75, 3.05) is 11.5 Å². The molecule has 2 atom stereocenters. The maximum atomic E-state index is 4.07. The van der Waals surface area contributed by atoms with E-state index < -0.39 is 0 Å². The van der Waals surface area contributed by atoms with E-state index in [9.17, 15) is 0 Å². The third kappa shape index (κ3) is 9.89. The number of unbranched alkanes of at least 4 members (excludes halogenated alkanes) is 1. The van der Waals surface area contributed by atoms with Crippen molar-refractivity contribution < 1.29 is 0 Å². The quantitative estimate of drug-likeness (QED) is 0.455. The summed E-state index contributed by atoms with van der Waals surface area (Å²) in [5.41, 5.74) is 0. The normalized spacial score (nSPS) is 15.0. The highest BCUT2D eigenvalue weighted by Gasteiger charge is 2.06. The minimum Gasteiger partial charge on any atom is -0.159 e. The molecule has 0 nitrogen and oxygen atoms in total. The average Bonchev–Trinajstić information content (AvgIpc) is 2.31. The highest BCUT2D eigenvalue weighted by Crippen LogP contribution is 2.23. The number of hydrogen-bond acceptors (Lipinski definition) is 2. The zero-order valence-electron chi connectivity index (χ0n) is 11.3. The van der Waals surface area contributed by atoms with Gasteiger partial charge in [-0.25, -0.2) is 0 Å². The van der Waals surface area contributed by atoms with E-state index in [2.05, 4.69) is 51.2 Å². The SMILES string of the molecule is [CH2]CC(CCCSC(C)CC)SCCCC. The molecular formula is C14H29S2. The van der Waals surface area contributed by atoms with E-state index in [4.69, 9.17) is 0 Å². The molecule has 0 heterocycles. The van der Waals surface area contributed by atoms with Crippen LogP contribution in [0.4, 0.5) is 0 Å². The first-order valence-corrected chi connectivity index (χ1v) is 8.86. The van der Waals surface area contributed by atoms with Gasteiger partial charge in [-0.05, 0) is 43.6 Å². The summed E-state index contributed by atoms with van der Waals surface area (Å²) >= 11 is 4.27. The van der Waals surface area contributed by atoms with Gasteiger partial charge in [-0.1, -0.05) is 34.1 Å². The van der Waals surface area contributed by atoms with Crippen LogP contribution in [0.2, 0.25) is 0 Å². The third-order valence-corrected chi connectivity index (χ3v) is 5.72. The Kier molecular flexibility index (Phi) is 12.7. The van der Waals surface area contributed by atoms with Crippen molar-refractivity contribution >= 4 is 23.5 Å². The van der Waals surface area contributed by atoms with Gasteiger partial charge < -0.3 is 0 Å². The van der Waals surface area contributed by atoms with Gasteiger partial charge in [-0.2, -0.15) is 23.5 Å². The second-order valence-electron chi connectivity index (χ2n) is 4.37. The van der Waals surface area contributed by atoms with Crippen LogP contribution in [-0.2, 0) is 0 Å². The van der Waals surface area contributed by atoms with Crippen LogP contribution in [0.15, 0.2) is 0 Å². The molecule has 0 aliphatic rings. The topological polar surface area (TPSA) is 0 Å². The highest BCUT2D eigenvalue weighted by molar-refractivity contribution is 8.00. The Hall–Kier alpha value is 0.700. The molecule has 97 valence electrons. The monoisotopic (exact) mass is 261 g/mol. The average molecular weight is 262 g/mol. The summed E-state index contributed by atoms with van der Waals surface area (Å²) in [6.07, 6.45) is 7.82. The summed E-state index contributed by atoms with van der Waals surface area (Å²) in [7, 11) is 0. The molecule has 0 fully saturated rings. The lowest BCUT2D eigenvalue weighted by molar-refractivity contribution is 0.746. The van der Waals surface area contributed by atoms with Crippen molar-refractivity contribution in [1.29, 1.82) is 0 Å². The number of thioether (sulfide) groups is 2. The molecule has 0 N–H and O–H groups in total. The van der Waals surface area contributed by atoms with Crippen molar-refractivity contribution in [3.05, 3.63) is 6.92 Å². The number of hydrogen-bond donors (Lipinski definition) is 0. The van der Waals surface area contributed by atoms with Gasteiger partial charge in [0.25, 0.3) is 0 Å². The van der Waals surface area contributed by atoms with Crippen LogP contribution >= 0.6 is 23.5 Å². The van der Waals surface area contributed by atoms with Crippen LogP contribution < -0.4 is 0 Å². The highest BCUT2D eigenvalue weighted by atomic mass is 32.2. The summed E-state index contributed by atoms with van der Waals surface area (Å²) in [5.74, 6) is 2.66. The summed E-state index contributed by atoms with van der Waals surface area (Å²) in [6.45, 7) is 10.9. The van der Waals surface area contributed by atoms with E-state index in [1.54, 1.807) is 0 Å². The van der Waals surface area contributed by atoms with Crippen LogP contribution in [0, 0.1) is 6.92 Å². The van der Waals surface area contributed by atoms with Crippen molar-refractivity contribution in [2.45, 2.75) is 69.8 Å². The predicted molar refractivity (Wildman–Crippen MR) is 82.6 cm³/mol. The summed E-state index contributed by atoms with van der Waals surface area (Å²) in [4.78, 5) is 0. The van der Waals surface area contributed by atoms with E-state index in [1.807, 2.05) is 0 Å². The van der Waals surface area contributed by atoms with Crippen LogP contribution in [0.25, 0.3) is 0 Å². The van der Waals surface area contributed by atoms with Gasteiger partial charge in [0.2, 0.25) is 0 Å². The Bertz CT molecular complexity index is 137. The fourth-order valence-corrected chi connectivity index (χ4v) is 3.68. The Morgan fingerprint density at radius 1 is 1.06 bits per heavy atom. The van der Waals surface area contributed by atoms with Crippen LogP contribution in [0.3, 0.4) is 0 Å². The summed E-state index contributed by atoms with van der Waals surface area (Å²) in [5, 5.41) is 1.65. The van der Waals surface area contributed by atoms with Crippen molar-refractivity contribution in [2.24, 2.45) is 0 Å². The van der Waals surface area contributed by atoms with Crippen molar-refractivity contribution in [1.82, 2.24) is 0 Å². The van der Waals surface area contributed by atoms with E-state index in [-0.39, 0.29) is 0 Å². The lowest BCUT2D eigenvalue weighted by Gasteiger charge is -2.14. The van der Waals surface area contributed by atoms with E-state index >= 15 is 0 Å². The summed E-state index contributed by atoms with van der Waals surface area (Å²) < 4.78 is 0. The lowest BCUT2D eigenvalue weighted by Crippen LogP contribution is -2.04. The molecule has 0 aliphatic carbocycles. The fraction of sp³-hybridized carbons (Fsp3) is 0.929. The van der Waals surface area contributed by atoms with Crippen LogP contribution in [0.1, 0.15) is 59.3 Å². The van der Waals surface area contributed by atoms with Gasteiger partial charge in [-0.3, -0.25) is 0 Å². The van der Waals surface area contributed by atoms with Gasteiger partial charge in [0, 0.05) is 10.5 Å². The molecule has 2 heteroatoms. The molecule has 1 radical (unpaired) electrons. The molecule has 0 saturated heterocycles. The minimum absolute atomic E-state index is 0.809. The molecule has 0 rings (SSSR count). The molecule has 16 heavy (non-hydrogen) atoms. The zero-order chi connectivity index (χ0) is 12.2. The first-order valence-electron chi connectivity index (χ1n) is 6.77. The Labute approximate surface area is 112 Å². The molecule has 0 spiro atoms. The molecule has 0 aromatic heterocycles. The molecule has 0 bridgehead atoms. The van der Waals surface area contributed by atoms with E-state index in [1.165, 1.54) is 43.6 Å². The Morgan fingerprint density at radius 2 is 1.75 bits per heavy atom. The first kappa shape index (κ1) is 16.7. The van der Waals surface area contributed by atoms with Crippen LogP contribution in [-0.4, -0.2) is 22.0 Å². The van der Waals surface area contributed by atoms with E-state index in [0.29, 0.717) is 0 Å². The molecule has 0 aromatic carbocycles. The van der Waals surface area contributed by atoms with Gasteiger partial charge in [-0.15, -0.1) is 0 Å². The van der Waals surface area contributed by atoms with Gasteiger partial charge in [0.1, 0.15) is 0 Å². The zero-order valence-corrected chi connectivity index (χ0v) is 13.0. The van der Waals surface area contributed by atoms with Gasteiger partial charge >= 0.3 is 0 Å². The lowest BCUT2D eigenvalue weighted by atomic mass is 10.2. The smallest absolute Gasteiger partial charge is 0.00473 e. The third-order valence-electron chi connectivity index (χ3n) is 2.82. The second kappa shape index (κ2) is 12.2. The molecule has 0 aliphatic heterocycles. The summed E-state index contributed by atoms with van der Waals surface area (Å²) in [6, 6.07) is 0. The van der Waals surface area contributed by atoms with Crippen molar-refractivity contribution in [3.63, 3.8) is 0 Å². The predicted octanol–water partition coefficient (Wildman–Crippen LogP) is 5.42. The Morgan fingerprint density at radius 3 is 2.31 bits per heavy atom. The molecule has 0 amide bonds. The molecular weight excluding hydrogens is 232 g/mol. The van der Waals surface area contributed by atoms with Gasteiger partial charge in [0.15, 0.2) is 0 Å². The van der Waals surface area contributed by atoms with Gasteiger partial charge in [0.05, 0.1) is 0 Å². The maximum Gasteiger partial charge on any atom is 0.00473 e. The first-order chi connectivity index (χ1) is 7.74. The van der Waals surface area contributed by atoms with Crippen molar-refractivity contribution in [3.8, 4) is 0 Å². The Balaban J connectivity index is 3.40. The standard InChI is InChI=1S/C14H29S2/c1-5-8-11-16-14(7-3)10-9-12-15-13(4)6-2/h13-14H,3,5-12H2,1-2,4H3. The molecule has 2 unspecified atom stereocenters. The maximum absolute atomic E-state index is 4.07.